The summed E-state index contributed by atoms with van der Waals surface area (Å²) in [5.41, 5.74) is 2.34. The first-order valence-corrected chi connectivity index (χ1v) is 8.33. The van der Waals surface area contributed by atoms with E-state index in [0.29, 0.717) is 12.2 Å². The van der Waals surface area contributed by atoms with Crippen LogP contribution in [0.25, 0.3) is 0 Å². The fraction of sp³-hybridized carbons (Fsp3) is 0.556. The minimum Gasteiger partial charge on any atom is -0.466 e. The van der Waals surface area contributed by atoms with Gasteiger partial charge in [-0.05, 0) is 43.9 Å². The number of halogens is 1. The van der Waals surface area contributed by atoms with E-state index >= 15 is 0 Å². The molecule has 1 fully saturated rings. The van der Waals surface area contributed by atoms with Crippen molar-refractivity contribution in [2.24, 2.45) is 0 Å². The number of ketones is 1. The van der Waals surface area contributed by atoms with Crippen LogP contribution in [-0.4, -0.2) is 18.4 Å². The molecule has 0 N–H and O–H groups in total. The smallest absolute Gasteiger partial charge is 0.310 e. The third-order valence-electron chi connectivity index (χ3n) is 4.25. The highest BCUT2D eigenvalue weighted by molar-refractivity contribution is 6.24. The molecule has 1 saturated carbocycles. The zero-order valence-corrected chi connectivity index (χ0v) is 14.0. The summed E-state index contributed by atoms with van der Waals surface area (Å²) in [6.07, 6.45) is 5.35. The highest BCUT2D eigenvalue weighted by atomic mass is 35.5. The van der Waals surface area contributed by atoms with Crippen LogP contribution in [0.5, 0.6) is 0 Å². The predicted molar refractivity (Wildman–Crippen MR) is 87.4 cm³/mol. The lowest BCUT2D eigenvalue weighted by Crippen LogP contribution is -2.25. The van der Waals surface area contributed by atoms with E-state index in [-0.39, 0.29) is 18.2 Å². The minimum absolute atomic E-state index is 0.00805. The summed E-state index contributed by atoms with van der Waals surface area (Å²) in [7, 11) is 0. The first-order chi connectivity index (χ1) is 10.5. The minimum atomic E-state index is -0.443. The second kappa shape index (κ2) is 7.28. The molecule has 0 aromatic heterocycles. The van der Waals surface area contributed by atoms with Crippen LogP contribution in [0.15, 0.2) is 18.2 Å². The van der Waals surface area contributed by atoms with Gasteiger partial charge in [-0.3, -0.25) is 9.59 Å². The molecule has 0 unspecified atom stereocenters. The number of Topliss-reactive ketones (excluding diaryl/α,β-unsaturated/α-hetero) is 1. The van der Waals surface area contributed by atoms with Gasteiger partial charge in [-0.2, -0.15) is 0 Å². The van der Waals surface area contributed by atoms with Crippen molar-refractivity contribution in [3.8, 4) is 0 Å². The Bertz CT molecular complexity index is 559. The topological polar surface area (TPSA) is 43.4 Å². The lowest BCUT2D eigenvalue weighted by molar-refractivity contribution is -0.142. The van der Waals surface area contributed by atoms with Crippen molar-refractivity contribution in [3.63, 3.8) is 0 Å². The Morgan fingerprint density at radius 1 is 1.23 bits per heavy atom. The molecule has 1 aliphatic rings. The van der Waals surface area contributed by atoms with E-state index < -0.39 is 4.87 Å². The van der Waals surface area contributed by atoms with Crippen LogP contribution >= 0.6 is 11.6 Å². The summed E-state index contributed by atoms with van der Waals surface area (Å²) in [5, 5.41) is 0. The summed E-state index contributed by atoms with van der Waals surface area (Å²) < 4.78 is 4.96. The second-order valence-corrected chi connectivity index (χ2v) is 6.67. The number of alkyl halides is 1. The van der Waals surface area contributed by atoms with Gasteiger partial charge in [0, 0.05) is 5.56 Å². The first-order valence-electron chi connectivity index (χ1n) is 7.95. The Morgan fingerprint density at radius 2 is 1.91 bits per heavy atom. The molecule has 0 bridgehead atoms. The maximum absolute atomic E-state index is 12.0. The monoisotopic (exact) mass is 322 g/mol. The van der Waals surface area contributed by atoms with Crippen LogP contribution in [0.4, 0.5) is 0 Å². The molecule has 0 atom stereocenters. The van der Waals surface area contributed by atoms with Gasteiger partial charge in [-0.25, -0.2) is 0 Å². The fourth-order valence-corrected chi connectivity index (χ4v) is 3.58. The molecule has 0 spiro atoms. The highest BCUT2D eigenvalue weighted by Crippen LogP contribution is 2.44. The van der Waals surface area contributed by atoms with Gasteiger partial charge in [0.25, 0.3) is 0 Å². The molecule has 1 aliphatic carbocycles. The quantitative estimate of drug-likeness (QED) is 0.458. The molecule has 3 nitrogen and oxygen atoms in total. The number of esters is 1. The summed E-state index contributed by atoms with van der Waals surface area (Å²) in [4.78, 5) is 23.2. The number of hydrogen-bond acceptors (Lipinski definition) is 3. The third kappa shape index (κ3) is 3.89. The van der Waals surface area contributed by atoms with Gasteiger partial charge in [0.2, 0.25) is 0 Å². The highest BCUT2D eigenvalue weighted by Gasteiger charge is 2.34. The largest absolute Gasteiger partial charge is 0.466 e. The van der Waals surface area contributed by atoms with Gasteiger partial charge in [-0.1, -0.05) is 31.4 Å². The summed E-state index contributed by atoms with van der Waals surface area (Å²) in [5.74, 6) is -0.283. The van der Waals surface area contributed by atoms with Crippen LogP contribution in [0.3, 0.4) is 0 Å². The molecule has 0 aliphatic heterocycles. The Kier molecular flexibility index (Phi) is 5.63. The van der Waals surface area contributed by atoms with Crippen LogP contribution in [0.1, 0.15) is 67.4 Å². The molecule has 22 heavy (non-hydrogen) atoms. The average Bonchev–Trinajstić information content (AvgIpc) is 2.48. The Balaban J connectivity index is 2.31. The molecule has 0 heterocycles. The van der Waals surface area contributed by atoms with Crippen molar-refractivity contribution < 1.29 is 14.3 Å². The van der Waals surface area contributed by atoms with Crippen molar-refractivity contribution in [2.45, 2.75) is 57.2 Å². The van der Waals surface area contributed by atoms with E-state index in [1.807, 2.05) is 12.1 Å². The molecule has 2 rings (SSSR count). The zero-order valence-electron chi connectivity index (χ0n) is 13.3. The lowest BCUT2D eigenvalue weighted by atomic mass is 9.80. The van der Waals surface area contributed by atoms with Gasteiger partial charge in [0.1, 0.15) is 0 Å². The molecule has 0 amide bonds. The molecular formula is C18H23ClO3. The molecule has 1 aromatic rings. The number of benzene rings is 1. The normalized spacial score (nSPS) is 17.0. The van der Waals surface area contributed by atoms with Crippen molar-refractivity contribution >= 4 is 23.4 Å². The van der Waals surface area contributed by atoms with Gasteiger partial charge < -0.3 is 4.74 Å². The summed E-state index contributed by atoms with van der Waals surface area (Å²) in [6.45, 7) is 3.69. The van der Waals surface area contributed by atoms with Crippen molar-refractivity contribution in [3.05, 3.63) is 34.9 Å². The van der Waals surface area contributed by atoms with Gasteiger partial charge in [0.15, 0.2) is 5.78 Å². The van der Waals surface area contributed by atoms with Crippen molar-refractivity contribution in [1.82, 2.24) is 0 Å². The third-order valence-corrected chi connectivity index (χ3v) is 4.83. The summed E-state index contributed by atoms with van der Waals surface area (Å²) in [6, 6.07) is 5.61. The fourth-order valence-electron chi connectivity index (χ4n) is 3.14. The summed E-state index contributed by atoms with van der Waals surface area (Å²) >= 11 is 6.81. The van der Waals surface area contributed by atoms with E-state index in [1.54, 1.807) is 19.9 Å². The van der Waals surface area contributed by atoms with E-state index in [1.165, 1.54) is 6.42 Å². The van der Waals surface area contributed by atoms with Crippen LogP contribution in [0, 0.1) is 0 Å². The SMILES string of the molecule is CCOC(=O)Cc1ccc(C2(Cl)CCCCC2)c(C(C)=O)c1. The van der Waals surface area contributed by atoms with Gasteiger partial charge in [0.05, 0.1) is 17.9 Å². The molecule has 1 aromatic carbocycles. The Morgan fingerprint density at radius 3 is 2.50 bits per heavy atom. The van der Waals surface area contributed by atoms with Crippen LogP contribution < -0.4 is 0 Å². The van der Waals surface area contributed by atoms with Crippen LogP contribution in [0.2, 0.25) is 0 Å². The Hall–Kier alpha value is -1.35. The molecule has 0 radical (unpaired) electrons. The predicted octanol–water partition coefficient (Wildman–Crippen LogP) is 4.39. The zero-order chi connectivity index (χ0) is 16.2. The van der Waals surface area contributed by atoms with Crippen molar-refractivity contribution in [2.75, 3.05) is 6.61 Å². The van der Waals surface area contributed by atoms with Gasteiger partial charge >= 0.3 is 5.97 Å². The van der Waals surface area contributed by atoms with E-state index in [2.05, 4.69) is 0 Å². The number of carbonyl (C=O) groups excluding carboxylic acids is 2. The van der Waals surface area contributed by atoms with E-state index in [0.717, 1.165) is 36.8 Å². The first kappa shape index (κ1) is 17.0. The Labute approximate surface area is 137 Å². The lowest BCUT2D eigenvalue weighted by Gasteiger charge is -2.33. The molecule has 4 heteroatoms. The average molecular weight is 323 g/mol. The number of rotatable bonds is 5. The van der Waals surface area contributed by atoms with Crippen molar-refractivity contribution in [1.29, 1.82) is 0 Å². The standard InChI is InChI=1S/C18H23ClO3/c1-3-22-17(21)12-14-7-8-16(15(11-14)13(2)20)18(19)9-5-4-6-10-18/h7-8,11H,3-6,9-10,12H2,1-2H3. The molecule has 120 valence electrons. The maximum Gasteiger partial charge on any atom is 0.310 e. The van der Waals surface area contributed by atoms with E-state index in [4.69, 9.17) is 16.3 Å². The molecular weight excluding hydrogens is 300 g/mol. The second-order valence-electron chi connectivity index (χ2n) is 5.94. The number of carbonyl (C=O) groups is 2. The number of ether oxygens (including phenoxy) is 1. The van der Waals surface area contributed by atoms with Gasteiger partial charge in [-0.15, -0.1) is 11.6 Å². The number of hydrogen-bond donors (Lipinski definition) is 0. The maximum atomic E-state index is 12.0. The van der Waals surface area contributed by atoms with Crippen LogP contribution in [-0.2, 0) is 20.8 Å². The van der Waals surface area contributed by atoms with E-state index in [9.17, 15) is 9.59 Å². The molecule has 0 saturated heterocycles.